The zero-order valence-corrected chi connectivity index (χ0v) is 13.1. The second kappa shape index (κ2) is 6.29. The molecule has 7 nitrogen and oxygen atoms in total. The summed E-state index contributed by atoms with van der Waals surface area (Å²) in [5, 5.41) is 11.5. The van der Waals surface area contributed by atoms with Crippen molar-refractivity contribution in [1.29, 1.82) is 0 Å². The molecule has 1 amide bonds. The highest BCUT2D eigenvalue weighted by molar-refractivity contribution is 5.73. The number of amides is 1. The molecule has 0 unspecified atom stereocenters. The summed E-state index contributed by atoms with van der Waals surface area (Å²) in [6.45, 7) is 5.05. The fourth-order valence-corrected chi connectivity index (χ4v) is 3.19. The summed E-state index contributed by atoms with van der Waals surface area (Å²) < 4.78 is 3.94. The molecular weight excluding hydrogens is 280 g/mol. The van der Waals surface area contributed by atoms with Gasteiger partial charge in [-0.15, -0.1) is 5.10 Å². The van der Waals surface area contributed by atoms with Gasteiger partial charge < -0.3 is 9.88 Å². The number of carbonyl (C=O) groups excluding carboxylic acids is 1. The maximum Gasteiger partial charge on any atom is 0.217 e. The van der Waals surface area contributed by atoms with Crippen molar-refractivity contribution in [3.8, 4) is 0 Å². The van der Waals surface area contributed by atoms with Crippen molar-refractivity contribution in [2.24, 2.45) is 5.92 Å². The van der Waals surface area contributed by atoms with Gasteiger partial charge in [-0.2, -0.15) is 0 Å². The molecule has 1 saturated carbocycles. The lowest BCUT2D eigenvalue weighted by Crippen LogP contribution is -2.37. The Balaban J connectivity index is 1.62. The second-order valence-electron chi connectivity index (χ2n) is 6.03. The first-order chi connectivity index (χ1) is 10.6. The largest absolute Gasteiger partial charge is 0.353 e. The topological polar surface area (TPSA) is 77.6 Å². The minimum atomic E-state index is 0.0479. The molecule has 0 bridgehead atoms. The normalized spacial score (nSPS) is 21.2. The third-order valence-electron chi connectivity index (χ3n) is 4.31. The first-order valence-corrected chi connectivity index (χ1v) is 7.75. The average Bonchev–Trinajstić information content (AvgIpc) is 3.16. The van der Waals surface area contributed by atoms with Crippen LogP contribution in [0, 0.1) is 12.8 Å². The van der Waals surface area contributed by atoms with Gasteiger partial charge in [-0.25, -0.2) is 4.98 Å². The zero-order valence-electron chi connectivity index (χ0n) is 13.1. The monoisotopic (exact) mass is 302 g/mol. The number of carbonyl (C=O) groups is 1. The Morgan fingerprint density at radius 2 is 2.32 bits per heavy atom. The van der Waals surface area contributed by atoms with Crippen molar-refractivity contribution >= 4 is 5.91 Å². The molecular formula is C15H22N6O. The van der Waals surface area contributed by atoms with Crippen LogP contribution in [0.25, 0.3) is 0 Å². The highest BCUT2D eigenvalue weighted by Crippen LogP contribution is 2.27. The summed E-state index contributed by atoms with van der Waals surface area (Å²) in [6, 6.07) is 0.265. The molecule has 3 rings (SSSR count). The van der Waals surface area contributed by atoms with Crippen molar-refractivity contribution in [2.75, 3.05) is 0 Å². The minimum absolute atomic E-state index is 0.0479. The van der Waals surface area contributed by atoms with Crippen molar-refractivity contribution in [3.63, 3.8) is 0 Å². The van der Waals surface area contributed by atoms with Crippen LogP contribution >= 0.6 is 0 Å². The number of hydrogen-bond donors (Lipinski definition) is 1. The molecule has 2 aromatic heterocycles. The van der Waals surface area contributed by atoms with Crippen LogP contribution in [-0.2, 0) is 17.9 Å². The number of hydrogen-bond acceptors (Lipinski definition) is 4. The number of imidazole rings is 1. The predicted molar refractivity (Wildman–Crippen MR) is 81.0 cm³/mol. The molecule has 7 heteroatoms. The Kier molecular flexibility index (Phi) is 4.22. The molecule has 2 heterocycles. The van der Waals surface area contributed by atoms with Gasteiger partial charge in [0, 0.05) is 31.9 Å². The van der Waals surface area contributed by atoms with Crippen molar-refractivity contribution in [1.82, 2.24) is 29.9 Å². The number of rotatable bonds is 5. The SMILES string of the molecule is CC(=O)N[C@@H]1CCC[C@@H]1Cn1cc(Cn2ccnc2C)nn1. The Bertz CT molecular complexity index is 646. The zero-order chi connectivity index (χ0) is 15.5. The van der Waals surface area contributed by atoms with Gasteiger partial charge in [-0.05, 0) is 25.7 Å². The van der Waals surface area contributed by atoms with E-state index < -0.39 is 0 Å². The van der Waals surface area contributed by atoms with E-state index in [4.69, 9.17) is 0 Å². The van der Waals surface area contributed by atoms with E-state index in [-0.39, 0.29) is 11.9 Å². The summed E-state index contributed by atoms with van der Waals surface area (Å²) >= 11 is 0. The van der Waals surface area contributed by atoms with Crippen LogP contribution in [-0.4, -0.2) is 36.5 Å². The second-order valence-corrected chi connectivity index (χ2v) is 6.03. The van der Waals surface area contributed by atoms with Crippen molar-refractivity contribution in [3.05, 3.63) is 30.1 Å². The Morgan fingerprint density at radius 3 is 3.05 bits per heavy atom. The molecule has 0 radical (unpaired) electrons. The van der Waals surface area contributed by atoms with E-state index in [1.807, 2.05) is 28.6 Å². The smallest absolute Gasteiger partial charge is 0.217 e. The summed E-state index contributed by atoms with van der Waals surface area (Å²) in [7, 11) is 0. The van der Waals surface area contributed by atoms with Gasteiger partial charge in [0.25, 0.3) is 0 Å². The van der Waals surface area contributed by atoms with E-state index in [0.717, 1.165) is 37.3 Å². The van der Waals surface area contributed by atoms with E-state index in [1.54, 1.807) is 13.1 Å². The highest BCUT2D eigenvalue weighted by atomic mass is 16.1. The molecule has 1 aliphatic carbocycles. The lowest BCUT2D eigenvalue weighted by Gasteiger charge is -2.19. The highest BCUT2D eigenvalue weighted by Gasteiger charge is 2.28. The van der Waals surface area contributed by atoms with Crippen LogP contribution < -0.4 is 5.32 Å². The fraction of sp³-hybridized carbons (Fsp3) is 0.600. The Hall–Kier alpha value is -2.18. The number of aromatic nitrogens is 5. The van der Waals surface area contributed by atoms with Crippen LogP contribution in [0.4, 0.5) is 0 Å². The summed E-state index contributed by atoms with van der Waals surface area (Å²) in [6.07, 6.45) is 9.06. The van der Waals surface area contributed by atoms with Gasteiger partial charge in [-0.3, -0.25) is 9.48 Å². The molecule has 2 aromatic rings. The number of nitrogens with zero attached hydrogens (tertiary/aromatic N) is 5. The first kappa shape index (κ1) is 14.7. The molecule has 1 fully saturated rings. The average molecular weight is 302 g/mol. The maximum atomic E-state index is 11.3. The summed E-state index contributed by atoms with van der Waals surface area (Å²) in [5.41, 5.74) is 0.926. The van der Waals surface area contributed by atoms with E-state index in [2.05, 4.69) is 20.6 Å². The molecule has 0 saturated heterocycles. The molecule has 0 aromatic carbocycles. The van der Waals surface area contributed by atoms with E-state index >= 15 is 0 Å². The summed E-state index contributed by atoms with van der Waals surface area (Å²) in [5.74, 6) is 1.45. The fourth-order valence-electron chi connectivity index (χ4n) is 3.19. The standard InChI is InChI=1S/C15H22N6O/c1-11-16-6-7-20(11)9-14-10-21(19-18-14)8-13-4-3-5-15(13)17-12(2)22/h6-7,10,13,15H,3-5,8-9H2,1-2H3,(H,17,22)/t13-,15-/m1/s1. The Labute approximate surface area is 129 Å². The number of aryl methyl sites for hydroxylation is 1. The predicted octanol–water partition coefficient (Wildman–Crippen LogP) is 1.14. The van der Waals surface area contributed by atoms with Crippen molar-refractivity contribution < 1.29 is 4.79 Å². The molecule has 0 aliphatic heterocycles. The molecule has 0 spiro atoms. The lowest BCUT2D eigenvalue weighted by atomic mass is 10.0. The van der Waals surface area contributed by atoms with Gasteiger partial charge in [0.15, 0.2) is 0 Å². The van der Waals surface area contributed by atoms with Gasteiger partial charge >= 0.3 is 0 Å². The molecule has 1 aliphatic rings. The third kappa shape index (κ3) is 3.35. The quantitative estimate of drug-likeness (QED) is 0.898. The van der Waals surface area contributed by atoms with Crippen LogP contribution in [0.15, 0.2) is 18.6 Å². The third-order valence-corrected chi connectivity index (χ3v) is 4.31. The number of nitrogens with one attached hydrogen (secondary N) is 1. The minimum Gasteiger partial charge on any atom is -0.353 e. The van der Waals surface area contributed by atoms with Crippen LogP contribution in [0.3, 0.4) is 0 Å². The Morgan fingerprint density at radius 1 is 1.45 bits per heavy atom. The maximum absolute atomic E-state index is 11.3. The van der Waals surface area contributed by atoms with E-state index in [0.29, 0.717) is 12.5 Å². The van der Waals surface area contributed by atoms with Crippen molar-refractivity contribution in [2.45, 2.75) is 52.2 Å². The van der Waals surface area contributed by atoms with Gasteiger partial charge in [0.1, 0.15) is 11.5 Å². The van der Waals surface area contributed by atoms with Crippen LogP contribution in [0.5, 0.6) is 0 Å². The van der Waals surface area contributed by atoms with Gasteiger partial charge in [-0.1, -0.05) is 11.6 Å². The van der Waals surface area contributed by atoms with E-state index in [9.17, 15) is 4.79 Å². The summed E-state index contributed by atoms with van der Waals surface area (Å²) in [4.78, 5) is 15.5. The van der Waals surface area contributed by atoms with Crippen LogP contribution in [0.2, 0.25) is 0 Å². The lowest BCUT2D eigenvalue weighted by molar-refractivity contribution is -0.119. The molecule has 118 valence electrons. The molecule has 1 N–H and O–H groups in total. The van der Waals surface area contributed by atoms with Gasteiger partial charge in [0.2, 0.25) is 5.91 Å². The first-order valence-electron chi connectivity index (χ1n) is 7.75. The van der Waals surface area contributed by atoms with E-state index in [1.165, 1.54) is 0 Å². The van der Waals surface area contributed by atoms with Gasteiger partial charge in [0.05, 0.1) is 12.7 Å². The molecule has 22 heavy (non-hydrogen) atoms. The molecule has 2 atom stereocenters. The van der Waals surface area contributed by atoms with Crippen LogP contribution in [0.1, 0.15) is 37.7 Å².